The molecular formula is C14H18N4. The highest BCUT2D eigenvalue weighted by Gasteiger charge is 2.06. The van der Waals surface area contributed by atoms with E-state index in [-0.39, 0.29) is 6.04 Å². The summed E-state index contributed by atoms with van der Waals surface area (Å²) < 4.78 is 0. The van der Waals surface area contributed by atoms with Crippen LogP contribution >= 0.6 is 0 Å². The number of rotatable bonds is 5. The quantitative estimate of drug-likeness (QED) is 0.846. The van der Waals surface area contributed by atoms with Crippen LogP contribution in [0.15, 0.2) is 42.9 Å². The molecule has 2 heterocycles. The average molecular weight is 242 g/mol. The molecule has 18 heavy (non-hydrogen) atoms. The highest BCUT2D eigenvalue weighted by atomic mass is 15.0. The highest BCUT2D eigenvalue weighted by molar-refractivity contribution is 5.54. The number of hydrogen-bond acceptors (Lipinski definition) is 4. The van der Waals surface area contributed by atoms with Gasteiger partial charge < -0.3 is 10.6 Å². The Kier molecular flexibility index (Phi) is 4.12. The van der Waals surface area contributed by atoms with Crippen LogP contribution in [-0.2, 0) is 0 Å². The Hall–Kier alpha value is -2.10. The van der Waals surface area contributed by atoms with Crippen molar-refractivity contribution in [1.29, 1.82) is 0 Å². The second kappa shape index (κ2) is 6.00. The number of anilines is 2. The molecule has 0 bridgehead atoms. The molecule has 4 heteroatoms. The van der Waals surface area contributed by atoms with E-state index in [1.54, 1.807) is 6.20 Å². The fourth-order valence-corrected chi connectivity index (χ4v) is 1.78. The van der Waals surface area contributed by atoms with Gasteiger partial charge in [0.2, 0.25) is 0 Å². The topological polar surface area (TPSA) is 49.8 Å². The minimum absolute atomic E-state index is 0.157. The zero-order chi connectivity index (χ0) is 12.8. The smallest absolute Gasteiger partial charge is 0.0657 e. The lowest BCUT2D eigenvalue weighted by Crippen LogP contribution is -2.08. The van der Waals surface area contributed by atoms with Crippen molar-refractivity contribution in [3.05, 3.63) is 48.5 Å². The zero-order valence-corrected chi connectivity index (χ0v) is 10.7. The van der Waals surface area contributed by atoms with Crippen LogP contribution in [0.4, 0.5) is 11.4 Å². The molecule has 4 nitrogen and oxygen atoms in total. The van der Waals surface area contributed by atoms with E-state index in [4.69, 9.17) is 0 Å². The van der Waals surface area contributed by atoms with Crippen molar-refractivity contribution in [3.63, 3.8) is 0 Å². The number of pyridine rings is 2. The lowest BCUT2D eigenvalue weighted by atomic mass is 10.2. The maximum Gasteiger partial charge on any atom is 0.0657 e. The van der Waals surface area contributed by atoms with Crippen molar-refractivity contribution in [2.45, 2.75) is 19.9 Å². The highest BCUT2D eigenvalue weighted by Crippen LogP contribution is 2.19. The Morgan fingerprint density at radius 2 is 2.06 bits per heavy atom. The summed E-state index contributed by atoms with van der Waals surface area (Å²) in [6.45, 7) is 5.04. The van der Waals surface area contributed by atoms with Gasteiger partial charge in [-0.05, 0) is 32.0 Å². The van der Waals surface area contributed by atoms with Gasteiger partial charge in [-0.3, -0.25) is 9.97 Å². The molecule has 1 unspecified atom stereocenters. The molecule has 0 aliphatic carbocycles. The average Bonchev–Trinajstić information content (AvgIpc) is 2.40. The SMILES string of the molecule is CCNc1cncc(NC(C)c2ccccn2)c1. The van der Waals surface area contributed by atoms with E-state index in [0.29, 0.717) is 0 Å². The summed E-state index contributed by atoms with van der Waals surface area (Å²) in [5.41, 5.74) is 3.04. The fourth-order valence-electron chi connectivity index (χ4n) is 1.78. The second-order valence-electron chi connectivity index (χ2n) is 4.11. The van der Waals surface area contributed by atoms with Crippen LogP contribution in [0.25, 0.3) is 0 Å². The molecule has 0 aromatic carbocycles. The van der Waals surface area contributed by atoms with Crippen LogP contribution in [0.5, 0.6) is 0 Å². The lowest BCUT2D eigenvalue weighted by molar-refractivity contribution is 0.838. The largest absolute Gasteiger partial charge is 0.384 e. The Morgan fingerprint density at radius 3 is 2.78 bits per heavy atom. The van der Waals surface area contributed by atoms with E-state index < -0.39 is 0 Å². The summed E-state index contributed by atoms with van der Waals surface area (Å²) >= 11 is 0. The molecule has 0 fully saturated rings. The van der Waals surface area contributed by atoms with Gasteiger partial charge in [0.15, 0.2) is 0 Å². The Labute approximate surface area is 107 Å². The van der Waals surface area contributed by atoms with Gasteiger partial charge in [-0.25, -0.2) is 0 Å². The first-order valence-corrected chi connectivity index (χ1v) is 6.16. The van der Waals surface area contributed by atoms with E-state index >= 15 is 0 Å². The molecule has 0 aliphatic heterocycles. The molecule has 1 atom stereocenters. The number of nitrogens with one attached hydrogen (secondary N) is 2. The summed E-state index contributed by atoms with van der Waals surface area (Å²) in [5, 5.41) is 6.63. The number of nitrogens with zero attached hydrogens (tertiary/aromatic N) is 2. The fraction of sp³-hybridized carbons (Fsp3) is 0.286. The minimum atomic E-state index is 0.157. The predicted molar refractivity (Wildman–Crippen MR) is 74.7 cm³/mol. The third-order valence-electron chi connectivity index (χ3n) is 2.63. The van der Waals surface area contributed by atoms with Gasteiger partial charge in [0.25, 0.3) is 0 Å². The van der Waals surface area contributed by atoms with Crippen molar-refractivity contribution in [3.8, 4) is 0 Å². The summed E-state index contributed by atoms with van der Waals surface area (Å²) in [6.07, 6.45) is 5.45. The zero-order valence-electron chi connectivity index (χ0n) is 10.7. The summed E-state index contributed by atoms with van der Waals surface area (Å²) in [6, 6.07) is 8.14. The van der Waals surface area contributed by atoms with E-state index in [1.807, 2.05) is 30.6 Å². The molecule has 0 radical (unpaired) electrons. The summed E-state index contributed by atoms with van der Waals surface area (Å²) in [7, 11) is 0. The molecule has 2 aromatic heterocycles. The van der Waals surface area contributed by atoms with Gasteiger partial charge in [0, 0.05) is 12.7 Å². The molecule has 0 spiro atoms. The van der Waals surface area contributed by atoms with Crippen LogP contribution in [-0.4, -0.2) is 16.5 Å². The van der Waals surface area contributed by atoms with Gasteiger partial charge in [0.1, 0.15) is 0 Å². The minimum Gasteiger partial charge on any atom is -0.384 e. The summed E-state index contributed by atoms with van der Waals surface area (Å²) in [5.74, 6) is 0. The van der Waals surface area contributed by atoms with E-state index in [2.05, 4.69) is 40.5 Å². The van der Waals surface area contributed by atoms with Crippen LogP contribution < -0.4 is 10.6 Å². The Balaban J connectivity index is 2.07. The first kappa shape index (κ1) is 12.4. The van der Waals surface area contributed by atoms with E-state index in [1.165, 1.54) is 0 Å². The predicted octanol–water partition coefficient (Wildman–Crippen LogP) is 3.08. The van der Waals surface area contributed by atoms with Gasteiger partial charge in [0.05, 0.1) is 35.5 Å². The number of hydrogen-bond donors (Lipinski definition) is 2. The van der Waals surface area contributed by atoms with Crippen LogP contribution in [0.3, 0.4) is 0 Å². The van der Waals surface area contributed by atoms with Crippen molar-refractivity contribution >= 4 is 11.4 Å². The molecule has 2 N–H and O–H groups in total. The molecule has 0 saturated heterocycles. The van der Waals surface area contributed by atoms with Crippen LogP contribution in [0.2, 0.25) is 0 Å². The molecule has 0 amide bonds. The van der Waals surface area contributed by atoms with Crippen molar-refractivity contribution in [2.24, 2.45) is 0 Å². The van der Waals surface area contributed by atoms with Crippen LogP contribution in [0, 0.1) is 0 Å². The third kappa shape index (κ3) is 3.20. The van der Waals surface area contributed by atoms with Gasteiger partial charge >= 0.3 is 0 Å². The third-order valence-corrected chi connectivity index (χ3v) is 2.63. The first-order chi connectivity index (χ1) is 8.79. The maximum atomic E-state index is 4.34. The lowest BCUT2D eigenvalue weighted by Gasteiger charge is -2.15. The molecule has 2 aromatic rings. The van der Waals surface area contributed by atoms with Gasteiger partial charge in [-0.1, -0.05) is 6.07 Å². The maximum absolute atomic E-state index is 4.34. The molecule has 0 saturated carbocycles. The normalized spacial score (nSPS) is 11.9. The monoisotopic (exact) mass is 242 g/mol. The number of aromatic nitrogens is 2. The van der Waals surface area contributed by atoms with Crippen LogP contribution in [0.1, 0.15) is 25.6 Å². The molecule has 94 valence electrons. The second-order valence-corrected chi connectivity index (χ2v) is 4.11. The van der Waals surface area contributed by atoms with Crippen molar-refractivity contribution < 1.29 is 0 Å². The standard InChI is InChI=1S/C14H18N4/c1-3-16-12-8-13(10-15-9-12)18-11(2)14-6-4-5-7-17-14/h4-11,16,18H,3H2,1-2H3. The summed E-state index contributed by atoms with van der Waals surface area (Å²) in [4.78, 5) is 8.54. The van der Waals surface area contributed by atoms with Gasteiger partial charge in [-0.2, -0.15) is 0 Å². The molecule has 2 rings (SSSR count). The van der Waals surface area contributed by atoms with E-state index in [9.17, 15) is 0 Å². The van der Waals surface area contributed by atoms with Crippen molar-refractivity contribution in [2.75, 3.05) is 17.2 Å². The molecule has 0 aliphatic rings. The van der Waals surface area contributed by atoms with Gasteiger partial charge in [-0.15, -0.1) is 0 Å². The Bertz CT molecular complexity index is 484. The Morgan fingerprint density at radius 1 is 1.22 bits per heavy atom. The van der Waals surface area contributed by atoms with Crippen molar-refractivity contribution in [1.82, 2.24) is 9.97 Å². The first-order valence-electron chi connectivity index (χ1n) is 6.16. The molecular weight excluding hydrogens is 224 g/mol. The van der Waals surface area contributed by atoms with E-state index in [0.717, 1.165) is 23.6 Å².